The van der Waals surface area contributed by atoms with Gasteiger partial charge in [0.2, 0.25) is 14.8 Å². The van der Waals surface area contributed by atoms with Crippen LogP contribution in [0.25, 0.3) is 0 Å². The number of anilines is 3. The molecule has 274 valence electrons. The molecule has 3 aromatic carbocycles. The summed E-state index contributed by atoms with van der Waals surface area (Å²) in [4.78, 5) is 42.3. The Morgan fingerprint density at radius 2 is 1.79 bits per heavy atom. The number of unbranched alkanes of at least 4 members (excludes halogenated alkanes) is 1. The van der Waals surface area contributed by atoms with Gasteiger partial charge in [0.1, 0.15) is 0 Å². The molecule has 1 unspecified atom stereocenters. The van der Waals surface area contributed by atoms with E-state index in [0.717, 1.165) is 12.0 Å². The van der Waals surface area contributed by atoms with E-state index < -0.39 is 31.6 Å². The number of halogens is 1. The largest absolute Gasteiger partial charge is 0.469 e. The predicted molar refractivity (Wildman–Crippen MR) is 197 cm³/mol. The highest BCUT2D eigenvalue weighted by atomic mass is 28.4. The molecule has 5 atom stereocenters. The number of aromatic nitrogens is 3. The van der Waals surface area contributed by atoms with Crippen LogP contribution < -0.4 is 9.80 Å². The lowest BCUT2D eigenvalue weighted by Gasteiger charge is -2.31. The molecule has 1 saturated heterocycles. The number of nitrogens with zero attached hydrogens (tertiary/aromatic N) is 5. The summed E-state index contributed by atoms with van der Waals surface area (Å²) < 4.78 is 29.9. The lowest BCUT2D eigenvalue weighted by molar-refractivity contribution is -0.146. The highest BCUT2D eigenvalue weighted by Crippen LogP contribution is 2.60. The number of rotatable bonds is 15. The average Bonchev–Trinajstić information content (AvgIpc) is 3.80. The molecule has 0 aliphatic carbocycles. The summed E-state index contributed by atoms with van der Waals surface area (Å²) in [5.74, 6) is -1.46. The van der Waals surface area contributed by atoms with Gasteiger partial charge in [-0.3, -0.25) is 24.0 Å². The Morgan fingerprint density at radius 3 is 2.44 bits per heavy atom. The van der Waals surface area contributed by atoms with E-state index in [2.05, 4.69) is 10.3 Å². The van der Waals surface area contributed by atoms with E-state index in [1.807, 2.05) is 79.7 Å². The highest BCUT2D eigenvalue weighted by Gasteiger charge is 2.66. The Kier molecular flexibility index (Phi) is 11.0. The third-order valence-corrected chi connectivity index (χ3v) is 13.0. The standard InChI is InChI=1S/C39H46FN5O6Si/c1-27-37(52(3,4)40)35(20-22-43-24-33(41-42-43)31(25-46)28-13-7-5-8-14-28)51-39(27)32-23-30(45(26-47)29-15-9-6-10-16-29)18-19-34(32)44(38(39)49)21-12-11-17-36(48)50-2/h5-10,13-16,18-19,23-24,26-27,31,35,37,46H,11-12,17,20-22,25H2,1-4H3/t27-,31?,35+,37-,39+/m0/s1. The van der Waals surface area contributed by atoms with Crippen molar-refractivity contribution in [1.29, 1.82) is 0 Å². The van der Waals surface area contributed by atoms with Crippen molar-refractivity contribution in [2.24, 2.45) is 5.92 Å². The maximum Gasteiger partial charge on any atom is 0.305 e. The molecule has 0 saturated carbocycles. The molecule has 6 rings (SSSR count). The maximum atomic E-state index is 16.5. The third-order valence-electron chi connectivity index (χ3n) is 10.5. The number of aryl methyl sites for hydroxylation is 1. The fourth-order valence-electron chi connectivity index (χ4n) is 8.07. The summed E-state index contributed by atoms with van der Waals surface area (Å²) in [6.07, 6.45) is 3.59. The predicted octanol–water partition coefficient (Wildman–Crippen LogP) is 6.25. The van der Waals surface area contributed by atoms with Crippen molar-refractivity contribution >= 4 is 43.8 Å². The van der Waals surface area contributed by atoms with Crippen LogP contribution >= 0.6 is 0 Å². The first-order valence-electron chi connectivity index (χ1n) is 17.8. The van der Waals surface area contributed by atoms with E-state index in [-0.39, 0.29) is 30.8 Å². The summed E-state index contributed by atoms with van der Waals surface area (Å²) in [6, 6.07) is 24.3. The van der Waals surface area contributed by atoms with Gasteiger partial charge >= 0.3 is 5.97 Å². The summed E-state index contributed by atoms with van der Waals surface area (Å²) in [6.45, 7) is 5.78. The molecule has 4 aromatic rings. The van der Waals surface area contributed by atoms with Crippen LogP contribution in [0.4, 0.5) is 21.2 Å². The van der Waals surface area contributed by atoms with Crippen molar-refractivity contribution in [2.75, 3.05) is 30.1 Å². The van der Waals surface area contributed by atoms with Crippen LogP contribution in [0.3, 0.4) is 0 Å². The van der Waals surface area contributed by atoms with Gasteiger partial charge in [-0.2, -0.15) is 0 Å². The Hall–Kier alpha value is -4.72. The van der Waals surface area contributed by atoms with Crippen molar-refractivity contribution in [1.82, 2.24) is 15.0 Å². The molecular formula is C39H46FN5O6Si. The second kappa shape index (κ2) is 15.5. The van der Waals surface area contributed by atoms with Crippen LogP contribution in [0, 0.1) is 5.92 Å². The van der Waals surface area contributed by atoms with Gasteiger partial charge in [0, 0.05) is 54.1 Å². The summed E-state index contributed by atoms with van der Waals surface area (Å²) in [7, 11) is -2.10. The van der Waals surface area contributed by atoms with Crippen LogP contribution in [0.15, 0.2) is 85.1 Å². The van der Waals surface area contributed by atoms with Crippen LogP contribution in [-0.2, 0) is 36.0 Å². The quantitative estimate of drug-likeness (QED) is 0.0501. The van der Waals surface area contributed by atoms with Gasteiger partial charge in [0.25, 0.3) is 5.91 Å². The van der Waals surface area contributed by atoms with Gasteiger partial charge in [-0.1, -0.05) is 60.7 Å². The molecule has 1 spiro atoms. The highest BCUT2D eigenvalue weighted by molar-refractivity contribution is 6.72. The number of para-hydroxylation sites is 1. The van der Waals surface area contributed by atoms with Crippen LogP contribution in [-0.4, -0.2) is 73.2 Å². The molecular weight excluding hydrogens is 682 g/mol. The van der Waals surface area contributed by atoms with E-state index in [0.29, 0.717) is 60.7 Å². The number of carbonyl (C=O) groups excluding carboxylic acids is 3. The molecule has 0 radical (unpaired) electrons. The van der Waals surface area contributed by atoms with Crippen LogP contribution in [0.1, 0.15) is 55.3 Å². The molecule has 52 heavy (non-hydrogen) atoms. The topological polar surface area (TPSA) is 127 Å². The summed E-state index contributed by atoms with van der Waals surface area (Å²) >= 11 is 0. The van der Waals surface area contributed by atoms with Crippen molar-refractivity contribution in [2.45, 2.75) is 75.4 Å². The minimum Gasteiger partial charge on any atom is -0.469 e. The first-order chi connectivity index (χ1) is 25.0. The number of amides is 2. The van der Waals surface area contributed by atoms with Gasteiger partial charge in [0.05, 0.1) is 37.1 Å². The Labute approximate surface area is 304 Å². The molecule has 1 N–H and O–H groups in total. The van der Waals surface area contributed by atoms with Gasteiger partial charge in [-0.25, -0.2) is 0 Å². The van der Waals surface area contributed by atoms with Crippen LogP contribution in [0.5, 0.6) is 0 Å². The zero-order valence-electron chi connectivity index (χ0n) is 30.0. The van der Waals surface area contributed by atoms with E-state index in [1.54, 1.807) is 34.9 Å². The monoisotopic (exact) mass is 727 g/mol. The fourth-order valence-corrected chi connectivity index (χ4v) is 10.6. The van der Waals surface area contributed by atoms with Crippen molar-refractivity contribution in [3.63, 3.8) is 0 Å². The fraction of sp³-hybridized carbons (Fsp3) is 0.410. The number of hydrogen-bond acceptors (Lipinski definition) is 8. The molecule has 11 nitrogen and oxygen atoms in total. The number of aliphatic hydroxyl groups excluding tert-OH is 1. The number of hydrogen-bond donors (Lipinski definition) is 1. The van der Waals surface area contributed by atoms with Gasteiger partial charge in [0.15, 0.2) is 5.60 Å². The minimum absolute atomic E-state index is 0.132. The first kappa shape index (κ1) is 37.0. The number of esters is 1. The number of methoxy groups -OCH3 is 1. The Bertz CT molecular complexity index is 1870. The number of ether oxygens (including phenoxy) is 2. The first-order valence-corrected chi connectivity index (χ1v) is 20.7. The zero-order valence-corrected chi connectivity index (χ0v) is 31.0. The van der Waals surface area contributed by atoms with Crippen molar-refractivity contribution < 1.29 is 33.1 Å². The second-order valence-electron chi connectivity index (χ2n) is 14.1. The summed E-state index contributed by atoms with van der Waals surface area (Å²) in [5, 5.41) is 18.8. The van der Waals surface area contributed by atoms with Gasteiger partial charge < -0.3 is 23.6 Å². The van der Waals surface area contributed by atoms with E-state index in [9.17, 15) is 19.5 Å². The molecule has 0 bridgehead atoms. The minimum atomic E-state index is -3.45. The zero-order chi connectivity index (χ0) is 37.0. The third kappa shape index (κ3) is 7.04. The Morgan fingerprint density at radius 1 is 1.08 bits per heavy atom. The molecule has 2 aliphatic heterocycles. The number of carbonyl (C=O) groups is 3. The van der Waals surface area contributed by atoms with Crippen molar-refractivity contribution in [3.05, 3.63) is 102 Å². The van der Waals surface area contributed by atoms with Gasteiger partial charge in [-0.15, -0.1) is 5.10 Å². The number of benzene rings is 3. The molecule has 3 heterocycles. The van der Waals surface area contributed by atoms with Gasteiger partial charge in [-0.05, 0) is 68.3 Å². The van der Waals surface area contributed by atoms with E-state index >= 15 is 4.11 Å². The molecule has 1 fully saturated rings. The molecule has 2 aliphatic rings. The van der Waals surface area contributed by atoms with Crippen molar-refractivity contribution in [3.8, 4) is 0 Å². The molecule has 2 amide bonds. The maximum absolute atomic E-state index is 16.5. The lowest BCUT2D eigenvalue weighted by atomic mass is 9.82. The normalized spacial score (nSPS) is 21.7. The second-order valence-corrected chi connectivity index (χ2v) is 17.9. The molecule has 1 aromatic heterocycles. The Balaban J connectivity index is 1.33. The lowest BCUT2D eigenvalue weighted by Crippen LogP contribution is -2.45. The average molecular weight is 728 g/mol. The van der Waals surface area contributed by atoms with E-state index in [1.165, 1.54) is 12.0 Å². The number of aliphatic hydroxyl groups is 1. The summed E-state index contributed by atoms with van der Waals surface area (Å²) in [5.41, 5.74) is 1.97. The number of fused-ring (bicyclic) bond motifs is 2. The van der Waals surface area contributed by atoms with Crippen LogP contribution in [0.2, 0.25) is 18.6 Å². The SMILES string of the molecule is COC(=O)CCCCN1C(=O)[C@]2(O[C@H](CCn3cc(C(CO)c4ccccc4)nn3)[C@@H]([Si](C)(C)F)[C@@H]2C)c2cc(N(C=O)c3ccccc3)ccc21. The molecule has 13 heteroatoms. The van der Waals surface area contributed by atoms with E-state index in [4.69, 9.17) is 9.47 Å². The smallest absolute Gasteiger partial charge is 0.305 e.